The van der Waals surface area contributed by atoms with E-state index in [1.165, 1.54) is 0 Å². The van der Waals surface area contributed by atoms with Gasteiger partial charge in [-0.05, 0) is 0 Å². The molecule has 0 bridgehead atoms. The summed E-state index contributed by atoms with van der Waals surface area (Å²) in [7, 11) is -4.58. The van der Waals surface area contributed by atoms with E-state index in [0.717, 1.165) is 0 Å². The molecule has 0 rings (SSSR count). The van der Waals surface area contributed by atoms with Crippen LogP contribution in [0.1, 0.15) is 0 Å². The molecule has 0 atom stereocenters. The van der Waals surface area contributed by atoms with Gasteiger partial charge < -0.3 is 50.6 Å². The van der Waals surface area contributed by atoms with Gasteiger partial charge in [0, 0.05) is 0 Å². The van der Waals surface area contributed by atoms with Gasteiger partial charge in [0.25, 0.3) is 0 Å². The van der Waals surface area contributed by atoms with Gasteiger partial charge in [-0.15, -0.1) is 0 Å². The molecule has 116 valence electrons. The molecule has 0 heterocycles. The number of rotatable bonds is 0. The first-order valence-corrected chi connectivity index (χ1v) is 3.74. The molecular formula is C4H9B2LiO14. The molecular weight excluding hydrogens is 301 g/mol. The predicted octanol–water partition coefficient (Wildman–Crippen LogP) is -9.42. The molecule has 0 fully saturated rings. The van der Waals surface area contributed by atoms with E-state index in [1.54, 1.807) is 0 Å². The van der Waals surface area contributed by atoms with Crippen molar-refractivity contribution >= 4 is 38.5 Å². The number of aliphatic carboxylic acids is 4. The van der Waals surface area contributed by atoms with E-state index >= 15 is 0 Å². The Kier molecular flexibility index (Phi) is 31.2. The van der Waals surface area contributed by atoms with Crippen molar-refractivity contribution in [2.45, 2.75) is 0 Å². The number of hydrogen-bond donors (Lipinski definition) is 9. The molecule has 9 N–H and O–H groups in total. The van der Waals surface area contributed by atoms with Crippen molar-refractivity contribution in [2.24, 2.45) is 0 Å². The molecule has 0 saturated heterocycles. The smallest absolute Gasteiger partial charge is 0.832 e. The van der Waals surface area contributed by atoms with Crippen LogP contribution in [0.4, 0.5) is 0 Å². The number of carbonyl (C=O) groups is 4. The summed E-state index contributed by atoms with van der Waals surface area (Å²) < 4.78 is 0. The maximum Gasteiger partial charge on any atom is 1.00 e. The molecule has 0 aromatic heterocycles. The Bertz CT molecular complexity index is 244. The molecule has 0 aromatic carbocycles. The summed E-state index contributed by atoms with van der Waals surface area (Å²) in [6.45, 7) is 0. The average molecular weight is 310 g/mol. The maximum atomic E-state index is 9.10. The molecule has 17 heteroatoms. The maximum absolute atomic E-state index is 9.10. The Morgan fingerprint density at radius 3 is 0.667 bits per heavy atom. The molecule has 0 aliphatic heterocycles. The number of hydrogen-bond acceptors (Lipinski definition) is 10. The molecule has 0 unspecified atom stereocenters. The van der Waals surface area contributed by atoms with E-state index in [2.05, 4.69) is 0 Å². The molecule has 0 amide bonds. The number of carboxylic acids is 4. The topological polar surface area (TPSA) is 273 Å². The third-order valence-electron chi connectivity index (χ3n) is 0.366. The van der Waals surface area contributed by atoms with Gasteiger partial charge in [0.2, 0.25) is 0 Å². The summed E-state index contributed by atoms with van der Waals surface area (Å²) >= 11 is 0. The fourth-order valence-electron chi connectivity index (χ4n) is 0. The molecule has 0 aliphatic rings. The van der Waals surface area contributed by atoms with Gasteiger partial charge in [0.05, 0.1) is 0 Å². The monoisotopic (exact) mass is 310 g/mol. The van der Waals surface area contributed by atoms with E-state index < -0.39 is 38.5 Å². The van der Waals surface area contributed by atoms with Gasteiger partial charge >= 0.3 is 57.4 Å². The van der Waals surface area contributed by atoms with Crippen LogP contribution in [-0.4, -0.2) is 84.1 Å². The fraction of sp³-hybridized carbons (Fsp3) is 0. The first-order valence-electron chi connectivity index (χ1n) is 3.74. The quantitative estimate of drug-likeness (QED) is 0.148. The first-order chi connectivity index (χ1) is 8.75. The van der Waals surface area contributed by atoms with Gasteiger partial charge in [0.1, 0.15) is 0 Å². The van der Waals surface area contributed by atoms with Crippen molar-refractivity contribution in [3.63, 3.8) is 0 Å². The Morgan fingerprint density at radius 1 is 0.619 bits per heavy atom. The minimum absolute atomic E-state index is 0. The predicted molar refractivity (Wildman–Crippen MR) is 53.1 cm³/mol. The Balaban J connectivity index is -0.0000000544. The van der Waals surface area contributed by atoms with Gasteiger partial charge in [-0.25, -0.2) is 19.2 Å². The zero-order valence-corrected chi connectivity index (χ0v) is 10.2. The van der Waals surface area contributed by atoms with Gasteiger partial charge in [-0.3, -0.25) is 0 Å². The van der Waals surface area contributed by atoms with Gasteiger partial charge in [0.15, 0.2) is 0 Å². The van der Waals surface area contributed by atoms with Crippen LogP contribution in [0, 0.1) is 0 Å². The van der Waals surface area contributed by atoms with Crippen molar-refractivity contribution < 1.29 is 88.6 Å². The molecule has 14 nitrogen and oxygen atoms in total. The van der Waals surface area contributed by atoms with Crippen LogP contribution >= 0.6 is 0 Å². The van der Waals surface area contributed by atoms with E-state index in [1.807, 2.05) is 0 Å². The molecule has 21 heavy (non-hydrogen) atoms. The van der Waals surface area contributed by atoms with Crippen LogP contribution in [0.25, 0.3) is 0 Å². The largest absolute Gasteiger partial charge is 1.00 e. The summed E-state index contributed by atoms with van der Waals surface area (Å²) in [6, 6.07) is 0. The minimum atomic E-state index is -2.42. The van der Waals surface area contributed by atoms with Gasteiger partial charge in [-0.1, -0.05) is 0 Å². The standard InChI is InChI=1S/2C2H2O4.BH3O3.BH2O3.Li/c2*3-1(4)2(5)6;2*2-1(3)4;/h2*(H,3,4)(H,5,6);2-4H;2-3H;/q;;;-1;+1. The van der Waals surface area contributed by atoms with Crippen molar-refractivity contribution in [1.29, 1.82) is 0 Å². The Hall–Kier alpha value is -1.63. The normalized spacial score (nSPS) is 6.76. The first kappa shape index (κ1) is 31.7. The third kappa shape index (κ3) is 121. The van der Waals surface area contributed by atoms with Crippen LogP contribution in [0.3, 0.4) is 0 Å². The Labute approximate surface area is 128 Å². The van der Waals surface area contributed by atoms with Crippen molar-refractivity contribution in [3.8, 4) is 0 Å². The molecule has 0 aliphatic carbocycles. The molecule has 0 aromatic rings. The summed E-state index contributed by atoms with van der Waals surface area (Å²) in [6.07, 6.45) is 0. The second kappa shape index (κ2) is 20.7. The summed E-state index contributed by atoms with van der Waals surface area (Å²) in [5.74, 6) is -7.30. The van der Waals surface area contributed by atoms with Crippen molar-refractivity contribution in [2.75, 3.05) is 0 Å². The molecule has 0 spiro atoms. The number of carboxylic acid groups (broad SMARTS) is 4. The SMILES string of the molecule is O=C(O)C(=O)O.O=C(O)C(=O)O.OB(O)O.[Li+].[O-]B(O)O. The molecule has 0 saturated carbocycles. The second-order valence-electron chi connectivity index (χ2n) is 1.89. The summed E-state index contributed by atoms with van der Waals surface area (Å²) in [4.78, 5) is 36.4. The second-order valence-corrected chi connectivity index (χ2v) is 1.89. The van der Waals surface area contributed by atoms with E-state index in [-0.39, 0.29) is 18.9 Å². The fourth-order valence-corrected chi connectivity index (χ4v) is 0. The van der Waals surface area contributed by atoms with E-state index in [4.69, 9.17) is 69.7 Å². The van der Waals surface area contributed by atoms with Crippen LogP contribution in [0.5, 0.6) is 0 Å². The Morgan fingerprint density at radius 2 is 0.667 bits per heavy atom. The third-order valence-corrected chi connectivity index (χ3v) is 0.366. The summed E-state index contributed by atoms with van der Waals surface area (Å²) in [5, 5.41) is 73.8. The van der Waals surface area contributed by atoms with Crippen molar-refractivity contribution in [3.05, 3.63) is 0 Å². The van der Waals surface area contributed by atoms with Crippen LogP contribution in [0.2, 0.25) is 0 Å². The van der Waals surface area contributed by atoms with Crippen LogP contribution < -0.4 is 23.9 Å². The van der Waals surface area contributed by atoms with E-state index in [9.17, 15) is 0 Å². The average Bonchev–Trinajstić information content (AvgIpc) is 2.15. The van der Waals surface area contributed by atoms with Crippen molar-refractivity contribution in [1.82, 2.24) is 0 Å². The minimum Gasteiger partial charge on any atom is -0.832 e. The van der Waals surface area contributed by atoms with Gasteiger partial charge in [-0.2, -0.15) is 0 Å². The van der Waals surface area contributed by atoms with Crippen LogP contribution in [-0.2, 0) is 19.2 Å². The summed E-state index contributed by atoms with van der Waals surface area (Å²) in [5.41, 5.74) is 0. The zero-order chi connectivity index (χ0) is 17.5. The van der Waals surface area contributed by atoms with E-state index in [0.29, 0.717) is 0 Å². The van der Waals surface area contributed by atoms with Crippen LogP contribution in [0.15, 0.2) is 0 Å². The molecule has 0 radical (unpaired) electrons. The zero-order valence-electron chi connectivity index (χ0n) is 10.2.